The number of carboxylic acid groups (broad SMARTS) is 1. The Bertz CT molecular complexity index is 298. The Morgan fingerprint density at radius 1 is 1.67 bits per heavy atom. The molecule has 0 fully saturated rings. The Balaban J connectivity index is 2.41. The minimum atomic E-state index is -0.854. The second-order valence-corrected chi connectivity index (χ2v) is 3.75. The summed E-state index contributed by atoms with van der Waals surface area (Å²) in [5, 5.41) is 15.4. The van der Waals surface area contributed by atoms with Crippen molar-refractivity contribution in [3.63, 3.8) is 0 Å². The highest BCUT2D eigenvalue weighted by molar-refractivity contribution is 5.73. The molecule has 0 aliphatic heterocycles. The van der Waals surface area contributed by atoms with Crippen molar-refractivity contribution in [2.24, 2.45) is 5.92 Å². The molecule has 0 saturated carbocycles. The molecular formula is C9H15N3O3. The zero-order valence-corrected chi connectivity index (χ0v) is 8.80. The third-order valence-electron chi connectivity index (χ3n) is 1.92. The molecule has 6 heteroatoms. The molecule has 0 radical (unpaired) electrons. The highest BCUT2D eigenvalue weighted by atomic mass is 16.5. The molecule has 0 aliphatic rings. The Hall–Kier alpha value is -1.43. The second kappa shape index (κ2) is 5.45. The lowest BCUT2D eigenvalue weighted by Crippen LogP contribution is -2.37. The van der Waals surface area contributed by atoms with Gasteiger partial charge in [0, 0.05) is 0 Å². The van der Waals surface area contributed by atoms with E-state index in [9.17, 15) is 4.79 Å². The summed E-state index contributed by atoms with van der Waals surface area (Å²) in [5.41, 5.74) is 0. The predicted molar refractivity (Wildman–Crippen MR) is 52.0 cm³/mol. The molecule has 1 unspecified atom stereocenters. The molecule has 15 heavy (non-hydrogen) atoms. The summed E-state index contributed by atoms with van der Waals surface area (Å²) in [6.07, 6.45) is 1.79. The number of aromatic nitrogens is 2. The van der Waals surface area contributed by atoms with Crippen molar-refractivity contribution in [1.29, 1.82) is 0 Å². The van der Waals surface area contributed by atoms with E-state index >= 15 is 0 Å². The van der Waals surface area contributed by atoms with E-state index in [0.717, 1.165) is 0 Å². The van der Waals surface area contributed by atoms with Gasteiger partial charge >= 0.3 is 5.97 Å². The largest absolute Gasteiger partial charge is 0.480 e. The molecule has 1 rings (SSSR count). The summed E-state index contributed by atoms with van der Waals surface area (Å²) in [7, 11) is 0. The van der Waals surface area contributed by atoms with E-state index < -0.39 is 12.0 Å². The summed E-state index contributed by atoms with van der Waals surface area (Å²) in [6.45, 7) is 4.26. The lowest BCUT2D eigenvalue weighted by atomic mass is 10.0. The van der Waals surface area contributed by atoms with E-state index in [2.05, 4.69) is 20.0 Å². The number of nitrogens with one attached hydrogen (secondary N) is 1. The second-order valence-electron chi connectivity index (χ2n) is 3.75. The molecule has 1 aromatic rings. The molecule has 0 amide bonds. The van der Waals surface area contributed by atoms with E-state index in [1.165, 1.54) is 6.39 Å². The molecule has 1 aromatic heterocycles. The maximum Gasteiger partial charge on any atom is 0.320 e. The average Bonchev–Trinajstić information content (AvgIpc) is 2.63. The number of hydrogen-bond acceptors (Lipinski definition) is 5. The van der Waals surface area contributed by atoms with E-state index in [1.54, 1.807) is 0 Å². The van der Waals surface area contributed by atoms with Crippen LogP contribution in [0.1, 0.15) is 26.1 Å². The molecule has 0 saturated heterocycles. The molecule has 0 aliphatic carbocycles. The van der Waals surface area contributed by atoms with Gasteiger partial charge in [-0.3, -0.25) is 10.1 Å². The van der Waals surface area contributed by atoms with Gasteiger partial charge in [0.1, 0.15) is 6.04 Å². The molecule has 6 nitrogen and oxygen atoms in total. The Kier molecular flexibility index (Phi) is 4.23. The lowest BCUT2D eigenvalue weighted by Gasteiger charge is -2.14. The van der Waals surface area contributed by atoms with Gasteiger partial charge in [-0.2, -0.15) is 4.98 Å². The maximum absolute atomic E-state index is 10.9. The van der Waals surface area contributed by atoms with Crippen molar-refractivity contribution in [2.75, 3.05) is 0 Å². The van der Waals surface area contributed by atoms with Gasteiger partial charge in [-0.15, -0.1) is 0 Å². The van der Waals surface area contributed by atoms with Crippen LogP contribution in [0.2, 0.25) is 0 Å². The highest BCUT2D eigenvalue weighted by Crippen LogP contribution is 2.05. The van der Waals surface area contributed by atoms with Gasteiger partial charge in [-0.1, -0.05) is 19.0 Å². The van der Waals surface area contributed by atoms with Gasteiger partial charge in [0.15, 0.2) is 5.82 Å². The highest BCUT2D eigenvalue weighted by Gasteiger charge is 2.18. The SMILES string of the molecule is CC(C)CC(NCc1ncon1)C(=O)O. The molecule has 1 atom stereocenters. The molecule has 0 bridgehead atoms. The first kappa shape index (κ1) is 11.6. The van der Waals surface area contributed by atoms with E-state index in [1.807, 2.05) is 13.8 Å². The average molecular weight is 213 g/mol. The standard InChI is InChI=1S/C9H15N3O3/c1-6(2)3-7(9(13)14)10-4-8-11-5-15-12-8/h5-7,10H,3-4H2,1-2H3,(H,13,14). The number of carbonyl (C=O) groups is 1. The summed E-state index contributed by atoms with van der Waals surface area (Å²) < 4.78 is 4.54. The third kappa shape index (κ3) is 4.07. The fourth-order valence-corrected chi connectivity index (χ4v) is 1.23. The molecule has 2 N–H and O–H groups in total. The van der Waals surface area contributed by atoms with Crippen LogP contribution in [0.15, 0.2) is 10.9 Å². The first-order valence-electron chi connectivity index (χ1n) is 4.81. The molecule has 84 valence electrons. The molecular weight excluding hydrogens is 198 g/mol. The van der Waals surface area contributed by atoms with Gasteiger partial charge in [0.25, 0.3) is 0 Å². The van der Waals surface area contributed by atoms with Crippen LogP contribution in [0.25, 0.3) is 0 Å². The Morgan fingerprint density at radius 2 is 2.40 bits per heavy atom. The number of carboxylic acids is 1. The minimum Gasteiger partial charge on any atom is -0.480 e. The summed E-state index contributed by atoms with van der Waals surface area (Å²) in [6, 6.07) is -0.566. The van der Waals surface area contributed by atoms with Crippen LogP contribution in [0.4, 0.5) is 0 Å². The molecule has 1 heterocycles. The van der Waals surface area contributed by atoms with E-state index in [4.69, 9.17) is 5.11 Å². The minimum absolute atomic E-state index is 0.306. The van der Waals surface area contributed by atoms with Crippen molar-refractivity contribution in [3.05, 3.63) is 12.2 Å². The van der Waals surface area contributed by atoms with Gasteiger partial charge in [-0.25, -0.2) is 0 Å². The van der Waals surface area contributed by atoms with Crippen molar-refractivity contribution in [1.82, 2.24) is 15.5 Å². The fraction of sp³-hybridized carbons (Fsp3) is 0.667. The van der Waals surface area contributed by atoms with Gasteiger partial charge in [0.05, 0.1) is 6.54 Å². The first-order chi connectivity index (χ1) is 7.09. The normalized spacial score (nSPS) is 13.0. The van der Waals surface area contributed by atoms with Crippen molar-refractivity contribution in [2.45, 2.75) is 32.9 Å². The van der Waals surface area contributed by atoms with Gasteiger partial charge in [0.2, 0.25) is 6.39 Å². The van der Waals surface area contributed by atoms with Crippen LogP contribution in [0.5, 0.6) is 0 Å². The molecule has 0 spiro atoms. The number of rotatable bonds is 6. The number of aliphatic carboxylic acids is 1. The van der Waals surface area contributed by atoms with Crippen molar-refractivity contribution < 1.29 is 14.4 Å². The zero-order chi connectivity index (χ0) is 11.3. The Labute approximate surface area is 87.7 Å². The predicted octanol–water partition coefficient (Wildman–Crippen LogP) is 0.658. The quantitative estimate of drug-likeness (QED) is 0.721. The lowest BCUT2D eigenvalue weighted by molar-refractivity contribution is -0.140. The zero-order valence-electron chi connectivity index (χ0n) is 8.80. The van der Waals surface area contributed by atoms with Gasteiger partial charge in [-0.05, 0) is 12.3 Å². The Morgan fingerprint density at radius 3 is 2.87 bits per heavy atom. The summed E-state index contributed by atoms with van der Waals surface area (Å²) in [4.78, 5) is 14.7. The van der Waals surface area contributed by atoms with E-state index in [-0.39, 0.29) is 0 Å². The van der Waals surface area contributed by atoms with Crippen LogP contribution in [0.3, 0.4) is 0 Å². The number of nitrogens with zero attached hydrogens (tertiary/aromatic N) is 2. The molecule has 0 aromatic carbocycles. The number of hydrogen-bond donors (Lipinski definition) is 2. The summed E-state index contributed by atoms with van der Waals surface area (Å²) in [5.74, 6) is -0.0685. The monoisotopic (exact) mass is 213 g/mol. The van der Waals surface area contributed by atoms with Crippen LogP contribution in [0, 0.1) is 5.92 Å². The van der Waals surface area contributed by atoms with Crippen molar-refractivity contribution in [3.8, 4) is 0 Å². The van der Waals surface area contributed by atoms with Crippen molar-refractivity contribution >= 4 is 5.97 Å². The van der Waals surface area contributed by atoms with Gasteiger partial charge < -0.3 is 9.63 Å². The van der Waals surface area contributed by atoms with E-state index in [0.29, 0.717) is 24.7 Å². The van der Waals surface area contributed by atoms with Crippen LogP contribution >= 0.6 is 0 Å². The fourth-order valence-electron chi connectivity index (χ4n) is 1.23. The first-order valence-corrected chi connectivity index (χ1v) is 4.81. The summed E-state index contributed by atoms with van der Waals surface area (Å²) >= 11 is 0. The van der Waals surface area contributed by atoms with Crippen LogP contribution < -0.4 is 5.32 Å². The smallest absolute Gasteiger partial charge is 0.320 e. The maximum atomic E-state index is 10.9. The van der Waals surface area contributed by atoms with Crippen LogP contribution in [-0.2, 0) is 11.3 Å². The van der Waals surface area contributed by atoms with Crippen LogP contribution in [-0.4, -0.2) is 27.3 Å². The topological polar surface area (TPSA) is 88.3 Å². The third-order valence-corrected chi connectivity index (χ3v) is 1.92.